The van der Waals surface area contributed by atoms with E-state index in [-0.39, 0.29) is 17.7 Å². The summed E-state index contributed by atoms with van der Waals surface area (Å²) >= 11 is 0. The fourth-order valence-corrected chi connectivity index (χ4v) is 5.27. The molecule has 0 aliphatic carbocycles. The Morgan fingerprint density at radius 2 is 1.97 bits per heavy atom. The summed E-state index contributed by atoms with van der Waals surface area (Å²) < 4.78 is 1.81. The molecule has 0 radical (unpaired) electrons. The molecule has 2 aromatic rings. The van der Waals surface area contributed by atoms with Gasteiger partial charge in [-0.3, -0.25) is 14.5 Å². The van der Waals surface area contributed by atoms with Crippen LogP contribution in [0, 0.1) is 11.8 Å². The van der Waals surface area contributed by atoms with Crippen molar-refractivity contribution in [1.29, 1.82) is 0 Å². The molecule has 3 unspecified atom stereocenters. The predicted molar refractivity (Wildman–Crippen MR) is 145 cm³/mol. The van der Waals surface area contributed by atoms with Crippen LogP contribution in [-0.4, -0.2) is 82.6 Å². The number of fused-ring (bicyclic) bond motifs is 1. The van der Waals surface area contributed by atoms with Crippen LogP contribution in [0.3, 0.4) is 0 Å². The molecule has 4 rings (SSSR count). The van der Waals surface area contributed by atoms with Gasteiger partial charge in [-0.2, -0.15) is 10.1 Å². The normalized spacial score (nSPS) is 20.6. The first-order valence-corrected chi connectivity index (χ1v) is 14.1. The maximum atomic E-state index is 12.6. The van der Waals surface area contributed by atoms with Crippen molar-refractivity contribution in [3.05, 3.63) is 17.6 Å². The quantitative estimate of drug-likeness (QED) is 0.476. The van der Waals surface area contributed by atoms with Gasteiger partial charge in [-0.1, -0.05) is 40.0 Å². The monoisotopic (exact) mass is 512 g/mol. The van der Waals surface area contributed by atoms with E-state index in [2.05, 4.69) is 41.2 Å². The number of imidazole rings is 1. The van der Waals surface area contributed by atoms with Gasteiger partial charge in [-0.05, 0) is 25.2 Å². The van der Waals surface area contributed by atoms with Crippen molar-refractivity contribution in [3.8, 4) is 0 Å². The first-order chi connectivity index (χ1) is 17.9. The average Bonchev–Trinajstić information content (AvgIpc) is 3.33. The topological polar surface area (TPSA) is 108 Å². The summed E-state index contributed by atoms with van der Waals surface area (Å²) in [5, 5.41) is 10.7. The van der Waals surface area contributed by atoms with E-state index in [0.29, 0.717) is 24.7 Å². The fourth-order valence-electron chi connectivity index (χ4n) is 5.27. The van der Waals surface area contributed by atoms with Crippen molar-refractivity contribution in [1.82, 2.24) is 35.1 Å². The lowest BCUT2D eigenvalue weighted by Gasteiger charge is -2.35. The maximum Gasteiger partial charge on any atom is 0.252 e. The van der Waals surface area contributed by atoms with E-state index in [1.165, 1.54) is 19.3 Å². The molecule has 2 aliphatic heterocycles. The van der Waals surface area contributed by atoms with E-state index in [4.69, 9.17) is 15.1 Å². The number of anilines is 1. The number of hydrogen-bond donors (Lipinski definition) is 2. The Labute approximate surface area is 220 Å². The zero-order valence-electron chi connectivity index (χ0n) is 23.0. The van der Waals surface area contributed by atoms with E-state index in [9.17, 15) is 9.59 Å². The van der Waals surface area contributed by atoms with Gasteiger partial charge in [-0.25, -0.2) is 9.50 Å². The van der Waals surface area contributed by atoms with Crippen LogP contribution in [0.25, 0.3) is 5.78 Å². The van der Waals surface area contributed by atoms with Gasteiger partial charge in [0.05, 0.1) is 18.4 Å². The third-order valence-corrected chi connectivity index (χ3v) is 8.07. The van der Waals surface area contributed by atoms with Gasteiger partial charge >= 0.3 is 0 Å². The van der Waals surface area contributed by atoms with E-state index < -0.39 is 0 Å². The Morgan fingerprint density at radius 3 is 2.68 bits per heavy atom. The summed E-state index contributed by atoms with van der Waals surface area (Å²) in [5.74, 6) is 2.59. The number of carbonyl (C=O) groups is 2. The van der Waals surface area contributed by atoms with Crippen molar-refractivity contribution >= 4 is 23.4 Å². The number of amides is 2. The van der Waals surface area contributed by atoms with Crippen LogP contribution < -0.4 is 15.5 Å². The zero-order valence-corrected chi connectivity index (χ0v) is 23.0. The number of carbonyl (C=O) groups excluding carboxylic acids is 2. The van der Waals surface area contributed by atoms with Crippen LogP contribution in [-0.2, 0) is 16.0 Å². The number of piperidine rings is 1. The lowest BCUT2D eigenvalue weighted by Crippen LogP contribution is -2.49. The number of aromatic nitrogens is 4. The Morgan fingerprint density at radius 1 is 1.19 bits per heavy atom. The second-order valence-corrected chi connectivity index (χ2v) is 10.9. The molecule has 37 heavy (non-hydrogen) atoms. The summed E-state index contributed by atoms with van der Waals surface area (Å²) in [6.07, 6.45) is 9.21. The summed E-state index contributed by atoms with van der Waals surface area (Å²) in [5.41, 5.74) is 1.88. The van der Waals surface area contributed by atoms with Gasteiger partial charge in [0.25, 0.3) is 5.78 Å². The Balaban J connectivity index is 1.55. The van der Waals surface area contributed by atoms with Gasteiger partial charge in [0.2, 0.25) is 11.8 Å². The van der Waals surface area contributed by atoms with E-state index >= 15 is 0 Å². The standard InChI is InChI=1S/C27H44N8O2/c1-5-19(2)8-6-9-20(3)23-17-35-27(30-23)31-25(22(32-35)16-21-10-7-11-29-26(21)37)34-14-12-33(13-15-34)18-24(36)28-4/h17,19-21H,5-16,18H2,1-4H3,(H,28,36)(H,29,37). The molecule has 0 saturated carbocycles. The minimum atomic E-state index is -0.0868. The predicted octanol–water partition coefficient (Wildman–Crippen LogP) is 2.38. The van der Waals surface area contributed by atoms with Crippen molar-refractivity contribution in [2.75, 3.05) is 51.2 Å². The molecule has 2 N–H and O–H groups in total. The number of piperazine rings is 1. The molecule has 2 aliphatic rings. The minimum Gasteiger partial charge on any atom is -0.358 e. The number of rotatable bonds is 11. The van der Waals surface area contributed by atoms with Crippen molar-refractivity contribution in [2.45, 2.75) is 71.6 Å². The molecule has 2 aromatic heterocycles. The molecule has 0 bridgehead atoms. The van der Waals surface area contributed by atoms with Crippen molar-refractivity contribution in [2.24, 2.45) is 11.8 Å². The molecule has 2 fully saturated rings. The van der Waals surface area contributed by atoms with E-state index in [1.807, 2.05) is 10.7 Å². The second-order valence-electron chi connectivity index (χ2n) is 10.9. The van der Waals surface area contributed by atoms with Crippen molar-refractivity contribution < 1.29 is 9.59 Å². The average molecular weight is 513 g/mol. The van der Waals surface area contributed by atoms with Crippen LogP contribution in [0.1, 0.15) is 76.6 Å². The third kappa shape index (κ3) is 6.97. The van der Waals surface area contributed by atoms with E-state index in [1.54, 1.807) is 7.05 Å². The van der Waals surface area contributed by atoms with Crippen LogP contribution in [0.4, 0.5) is 5.82 Å². The smallest absolute Gasteiger partial charge is 0.252 e. The summed E-state index contributed by atoms with van der Waals surface area (Å²) in [7, 11) is 1.67. The lowest BCUT2D eigenvalue weighted by atomic mass is 9.93. The molecular weight excluding hydrogens is 468 g/mol. The molecule has 204 valence electrons. The Kier molecular flexibility index (Phi) is 9.34. The molecule has 10 nitrogen and oxygen atoms in total. The van der Waals surface area contributed by atoms with Crippen LogP contribution in [0.2, 0.25) is 0 Å². The molecule has 0 spiro atoms. The largest absolute Gasteiger partial charge is 0.358 e. The summed E-state index contributed by atoms with van der Waals surface area (Å²) in [6.45, 7) is 11.0. The second kappa shape index (κ2) is 12.7. The van der Waals surface area contributed by atoms with Gasteiger partial charge in [0, 0.05) is 58.0 Å². The Hall–Kier alpha value is -2.75. The number of likely N-dealkylation sites (N-methyl/N-ethyl adjacent to an activating group) is 1. The molecule has 2 amide bonds. The zero-order chi connectivity index (χ0) is 26.4. The summed E-state index contributed by atoms with van der Waals surface area (Å²) in [6, 6.07) is 0. The first-order valence-electron chi connectivity index (χ1n) is 14.1. The lowest BCUT2D eigenvalue weighted by molar-refractivity contribution is -0.126. The molecule has 10 heteroatoms. The van der Waals surface area contributed by atoms with Crippen LogP contribution in [0.15, 0.2) is 6.20 Å². The fraction of sp³-hybridized carbons (Fsp3) is 0.741. The third-order valence-electron chi connectivity index (χ3n) is 8.07. The molecule has 4 heterocycles. The molecule has 2 saturated heterocycles. The minimum absolute atomic E-state index is 0.0295. The molecule has 0 aromatic carbocycles. The summed E-state index contributed by atoms with van der Waals surface area (Å²) in [4.78, 5) is 38.6. The van der Waals surface area contributed by atoms with E-state index in [0.717, 1.165) is 75.1 Å². The number of nitrogens with zero attached hydrogens (tertiary/aromatic N) is 6. The first kappa shape index (κ1) is 27.3. The van der Waals surface area contributed by atoms with Crippen LogP contribution in [0.5, 0.6) is 0 Å². The maximum absolute atomic E-state index is 12.6. The number of hydrogen-bond acceptors (Lipinski definition) is 7. The van der Waals surface area contributed by atoms with Gasteiger partial charge in [0.15, 0.2) is 5.82 Å². The highest BCUT2D eigenvalue weighted by molar-refractivity contribution is 5.79. The van der Waals surface area contributed by atoms with Crippen LogP contribution >= 0.6 is 0 Å². The van der Waals surface area contributed by atoms with Crippen molar-refractivity contribution in [3.63, 3.8) is 0 Å². The highest BCUT2D eigenvalue weighted by Crippen LogP contribution is 2.27. The highest BCUT2D eigenvalue weighted by atomic mass is 16.2. The highest BCUT2D eigenvalue weighted by Gasteiger charge is 2.28. The van der Waals surface area contributed by atoms with Gasteiger partial charge in [-0.15, -0.1) is 0 Å². The van der Waals surface area contributed by atoms with Gasteiger partial charge < -0.3 is 15.5 Å². The molecular formula is C27H44N8O2. The molecule has 3 atom stereocenters. The number of nitrogens with one attached hydrogen (secondary N) is 2. The Bertz CT molecular complexity index is 1060. The SMILES string of the molecule is CCC(C)CCCC(C)c1cn2nc(CC3CCCNC3=O)c(N3CCN(CC(=O)NC)CC3)nc2n1. The van der Waals surface area contributed by atoms with Gasteiger partial charge in [0.1, 0.15) is 5.69 Å².